The number of carbonyl (C=O) groups is 2. The van der Waals surface area contributed by atoms with Crippen LogP contribution in [0.3, 0.4) is 0 Å². The molecule has 11 nitrogen and oxygen atoms in total. The summed E-state index contributed by atoms with van der Waals surface area (Å²) in [5, 5.41) is 36.8. The van der Waals surface area contributed by atoms with E-state index >= 15 is 0 Å². The van der Waals surface area contributed by atoms with Crippen molar-refractivity contribution in [1.82, 2.24) is 19.8 Å². The van der Waals surface area contributed by atoms with Crippen molar-refractivity contribution in [2.24, 2.45) is 0 Å². The third-order valence-electron chi connectivity index (χ3n) is 8.81. The zero-order valence-electron chi connectivity index (χ0n) is 26.1. The summed E-state index contributed by atoms with van der Waals surface area (Å²) < 4.78 is 17.5. The van der Waals surface area contributed by atoms with Crippen molar-refractivity contribution in [2.45, 2.75) is 20.0 Å². The van der Waals surface area contributed by atoms with Gasteiger partial charge in [0.2, 0.25) is 0 Å². The molecule has 0 saturated carbocycles. The van der Waals surface area contributed by atoms with Gasteiger partial charge in [0.25, 0.3) is 17.5 Å². The summed E-state index contributed by atoms with van der Waals surface area (Å²) in [5.41, 5.74) is 7.68. The lowest BCUT2D eigenvalue weighted by molar-refractivity contribution is -0.384. The molecule has 49 heavy (non-hydrogen) atoms. The number of nitro benzene ring substituents is 1. The lowest BCUT2D eigenvalue weighted by Crippen LogP contribution is -2.34. The number of amides is 2. The van der Waals surface area contributed by atoms with Crippen LogP contribution in [0.1, 0.15) is 37.7 Å². The summed E-state index contributed by atoms with van der Waals surface area (Å²) in [6, 6.07) is 26.1. The molecular weight excluding hydrogens is 625 g/mol. The third-order valence-corrected chi connectivity index (χ3v) is 8.81. The summed E-state index contributed by atoms with van der Waals surface area (Å²) in [5.74, 6) is -0.518. The van der Waals surface area contributed by atoms with Crippen LogP contribution in [0.15, 0.2) is 78.9 Å². The van der Waals surface area contributed by atoms with Crippen molar-refractivity contribution < 1.29 is 18.9 Å². The largest absolute Gasteiger partial charge is 0.349 e. The Balaban J connectivity index is 0.000000154. The number of rotatable bonds is 3. The third kappa shape index (κ3) is 5.41. The predicted octanol–water partition coefficient (Wildman–Crippen LogP) is 6.20. The SMILES string of the molecule is Cc1cc(-c2cc(C#N)cc3cc4n(c23)CCNC4=O)ccc1F.N#Cc1cc(-c2ccc([N+](=O)[O-])cc2)c2c(c1)cc1n2CCNC1=O. The average Bonchev–Trinajstić information content (AvgIpc) is 3.69. The summed E-state index contributed by atoms with van der Waals surface area (Å²) >= 11 is 0. The normalized spacial score (nSPS) is 13.3. The number of fused-ring (bicyclic) bond motifs is 6. The van der Waals surface area contributed by atoms with Gasteiger partial charge in [0, 0.05) is 60.2 Å². The molecule has 2 aliphatic rings. The number of nitriles is 2. The highest BCUT2D eigenvalue weighted by Gasteiger charge is 2.24. The van der Waals surface area contributed by atoms with E-state index in [1.165, 1.54) is 18.2 Å². The number of nitrogens with one attached hydrogen (secondary N) is 2. The Morgan fingerprint density at radius 1 is 0.735 bits per heavy atom. The van der Waals surface area contributed by atoms with E-state index in [4.69, 9.17) is 0 Å². The zero-order chi connectivity index (χ0) is 34.4. The van der Waals surface area contributed by atoms with Gasteiger partial charge in [0.05, 0.1) is 39.2 Å². The Hall–Kier alpha value is -6.79. The molecule has 0 saturated heterocycles. The molecule has 0 fully saturated rings. The fraction of sp³-hybridized carbons (Fsp3) is 0.135. The molecular formula is C37H26FN7O4. The first-order valence-electron chi connectivity index (χ1n) is 15.4. The van der Waals surface area contributed by atoms with Crippen LogP contribution >= 0.6 is 0 Å². The Kier molecular flexibility index (Phi) is 7.62. The van der Waals surface area contributed by atoms with Gasteiger partial charge in [-0.05, 0) is 84.3 Å². The highest BCUT2D eigenvalue weighted by molar-refractivity contribution is 6.05. The van der Waals surface area contributed by atoms with Crippen molar-refractivity contribution in [3.05, 3.63) is 123 Å². The van der Waals surface area contributed by atoms with Crippen LogP contribution in [0.25, 0.3) is 44.1 Å². The van der Waals surface area contributed by atoms with Crippen molar-refractivity contribution in [1.29, 1.82) is 10.5 Å². The Labute approximate surface area is 278 Å². The Morgan fingerprint density at radius 2 is 1.22 bits per heavy atom. The first-order valence-corrected chi connectivity index (χ1v) is 15.4. The molecule has 8 rings (SSSR count). The first kappa shape index (κ1) is 30.8. The van der Waals surface area contributed by atoms with Crippen LogP contribution < -0.4 is 10.6 Å². The maximum atomic E-state index is 13.6. The van der Waals surface area contributed by atoms with E-state index in [0.29, 0.717) is 54.3 Å². The molecule has 2 aliphatic heterocycles. The summed E-state index contributed by atoms with van der Waals surface area (Å²) in [6.45, 7) is 4.12. The van der Waals surface area contributed by atoms with E-state index < -0.39 is 4.92 Å². The maximum absolute atomic E-state index is 13.6. The molecule has 0 bridgehead atoms. The highest BCUT2D eigenvalue weighted by atomic mass is 19.1. The van der Waals surface area contributed by atoms with E-state index in [1.54, 1.807) is 61.5 Å². The molecule has 2 aromatic heterocycles. The van der Waals surface area contributed by atoms with E-state index in [0.717, 1.165) is 44.1 Å². The molecule has 4 aromatic carbocycles. The molecule has 0 radical (unpaired) electrons. The predicted molar refractivity (Wildman–Crippen MR) is 180 cm³/mol. The van der Waals surface area contributed by atoms with Crippen LogP contribution in [-0.2, 0) is 13.1 Å². The zero-order valence-corrected chi connectivity index (χ0v) is 26.1. The lowest BCUT2D eigenvalue weighted by Gasteiger charge is -2.18. The second kappa shape index (κ2) is 12.1. The molecule has 0 atom stereocenters. The number of nitrogens with zero attached hydrogens (tertiary/aromatic N) is 5. The minimum atomic E-state index is -0.450. The molecule has 0 unspecified atom stereocenters. The van der Waals surface area contributed by atoms with Crippen LogP contribution in [0.4, 0.5) is 10.1 Å². The van der Waals surface area contributed by atoms with Gasteiger partial charge in [-0.3, -0.25) is 19.7 Å². The number of aromatic nitrogens is 2. The number of carbonyl (C=O) groups excluding carboxylic acids is 2. The van der Waals surface area contributed by atoms with Crippen molar-refractivity contribution >= 4 is 39.3 Å². The standard InChI is InChI=1S/C19H14FN3O.C18H12N4O3/c1-11-6-13(2-3-16(11)20)15-8-12(10-21)7-14-9-17-19(24)22-4-5-23(17)18(14)15;19-10-11-7-13-9-16-18(23)20-5-6-21(16)17(13)15(8-11)12-1-3-14(4-2-12)22(24)25/h2-3,6-9H,4-5H2,1H3,(H,22,24);1-4,7-9H,5-6H2,(H,20,23). The second-order valence-electron chi connectivity index (χ2n) is 11.8. The quantitative estimate of drug-likeness (QED) is 0.171. The van der Waals surface area contributed by atoms with E-state index in [9.17, 15) is 34.6 Å². The lowest BCUT2D eigenvalue weighted by atomic mass is 9.98. The minimum Gasteiger partial charge on any atom is -0.349 e. The van der Waals surface area contributed by atoms with Gasteiger partial charge in [0.1, 0.15) is 17.2 Å². The number of nitro groups is 1. The molecule has 0 aliphatic carbocycles. The van der Waals surface area contributed by atoms with E-state index in [1.807, 2.05) is 15.2 Å². The minimum absolute atomic E-state index is 0.00741. The van der Waals surface area contributed by atoms with Gasteiger partial charge < -0.3 is 19.8 Å². The van der Waals surface area contributed by atoms with Crippen molar-refractivity contribution in [3.8, 4) is 34.4 Å². The number of aryl methyl sites for hydroxylation is 1. The Morgan fingerprint density at radius 3 is 1.69 bits per heavy atom. The summed E-state index contributed by atoms with van der Waals surface area (Å²) in [7, 11) is 0. The molecule has 2 amide bonds. The van der Waals surface area contributed by atoms with Gasteiger partial charge in [0.15, 0.2) is 0 Å². The fourth-order valence-electron chi connectivity index (χ4n) is 6.56. The van der Waals surface area contributed by atoms with Crippen LogP contribution in [0, 0.1) is 45.5 Å². The Bertz CT molecular complexity index is 2460. The number of hydrogen-bond donors (Lipinski definition) is 2. The molecule has 2 N–H and O–H groups in total. The topological polar surface area (TPSA) is 159 Å². The van der Waals surface area contributed by atoms with Gasteiger partial charge in [-0.1, -0.05) is 6.07 Å². The smallest absolute Gasteiger partial charge is 0.269 e. The number of halogens is 1. The second-order valence-corrected chi connectivity index (χ2v) is 11.8. The van der Waals surface area contributed by atoms with Crippen LogP contribution in [0.5, 0.6) is 0 Å². The summed E-state index contributed by atoms with van der Waals surface area (Å²) in [6.07, 6.45) is 0. The number of benzene rings is 4. The van der Waals surface area contributed by atoms with Crippen LogP contribution in [0.2, 0.25) is 0 Å². The van der Waals surface area contributed by atoms with Gasteiger partial charge in [-0.25, -0.2) is 4.39 Å². The van der Waals surface area contributed by atoms with Gasteiger partial charge in [-0.2, -0.15) is 10.5 Å². The number of hydrogen-bond acceptors (Lipinski definition) is 6. The maximum Gasteiger partial charge on any atom is 0.269 e. The molecule has 4 heterocycles. The van der Waals surface area contributed by atoms with Gasteiger partial charge >= 0.3 is 0 Å². The monoisotopic (exact) mass is 651 g/mol. The molecule has 6 aromatic rings. The number of non-ortho nitro benzene ring substituents is 1. The first-order chi connectivity index (χ1) is 23.7. The van der Waals surface area contributed by atoms with Gasteiger partial charge in [-0.15, -0.1) is 0 Å². The summed E-state index contributed by atoms with van der Waals surface area (Å²) in [4.78, 5) is 34.6. The molecule has 240 valence electrons. The van der Waals surface area contributed by atoms with Crippen LogP contribution in [-0.4, -0.2) is 39.0 Å². The van der Waals surface area contributed by atoms with Crippen molar-refractivity contribution in [3.63, 3.8) is 0 Å². The average molecular weight is 652 g/mol. The molecule has 12 heteroatoms. The van der Waals surface area contributed by atoms with E-state index in [2.05, 4.69) is 22.8 Å². The highest BCUT2D eigenvalue weighted by Crippen LogP contribution is 2.35. The molecule has 0 spiro atoms. The fourth-order valence-corrected chi connectivity index (χ4v) is 6.56. The van der Waals surface area contributed by atoms with Crippen molar-refractivity contribution in [2.75, 3.05) is 13.1 Å². The van der Waals surface area contributed by atoms with E-state index in [-0.39, 0.29) is 23.3 Å².